The van der Waals surface area contributed by atoms with E-state index >= 15 is 0 Å². The summed E-state index contributed by atoms with van der Waals surface area (Å²) in [7, 11) is 0. The van der Waals surface area contributed by atoms with E-state index in [0.29, 0.717) is 17.5 Å². The number of rotatable bonds is 5. The van der Waals surface area contributed by atoms with E-state index in [2.05, 4.69) is 200 Å². The first-order valence-corrected chi connectivity index (χ1v) is 22.0. The molecule has 2 aromatic heterocycles. The SMILES string of the molecule is CC1(C)c2cc3c(cc2-c2c1c1ccccc1c1ccccc21)c1ccccc1n3-c1ccc(-c2nc(-c3ccccc3)nc(-c3cccc(-c4ccccc4)c3)n2)c2ccccc12. The fraction of sp³-hybridized carbons (Fsp3) is 0.0500. The molecule has 0 bridgehead atoms. The van der Waals surface area contributed by atoms with E-state index in [1.807, 2.05) is 24.3 Å². The highest BCUT2D eigenvalue weighted by Gasteiger charge is 2.39. The molecule has 0 N–H and O–H groups in total. The molecule has 0 saturated heterocycles. The van der Waals surface area contributed by atoms with Gasteiger partial charge in [0.1, 0.15) is 0 Å². The molecule has 0 amide bonds. The number of nitrogens with zero attached hydrogens (tertiary/aromatic N) is 4. The molecule has 0 unspecified atom stereocenters. The summed E-state index contributed by atoms with van der Waals surface area (Å²) in [5.41, 5.74) is 13.8. The molecular weight excluding hydrogens is 777 g/mol. The Hall–Kier alpha value is -8.21. The molecule has 4 heteroatoms. The monoisotopic (exact) mass is 816 g/mol. The van der Waals surface area contributed by atoms with Crippen LogP contribution in [0.5, 0.6) is 0 Å². The van der Waals surface area contributed by atoms with Crippen LogP contribution in [0, 0.1) is 0 Å². The lowest BCUT2D eigenvalue weighted by molar-refractivity contribution is 0.667. The van der Waals surface area contributed by atoms with Gasteiger partial charge >= 0.3 is 0 Å². The maximum Gasteiger partial charge on any atom is 0.164 e. The summed E-state index contributed by atoms with van der Waals surface area (Å²) in [6.07, 6.45) is 0. The first kappa shape index (κ1) is 36.4. The van der Waals surface area contributed by atoms with E-state index in [4.69, 9.17) is 15.0 Å². The van der Waals surface area contributed by atoms with Crippen LogP contribution >= 0.6 is 0 Å². The smallest absolute Gasteiger partial charge is 0.164 e. The Morgan fingerprint density at radius 2 is 0.891 bits per heavy atom. The molecule has 10 aromatic carbocycles. The molecule has 0 aliphatic heterocycles. The van der Waals surface area contributed by atoms with Crippen LogP contribution in [0.3, 0.4) is 0 Å². The molecule has 300 valence electrons. The van der Waals surface area contributed by atoms with E-state index in [1.54, 1.807) is 0 Å². The van der Waals surface area contributed by atoms with Crippen LogP contribution in [0.1, 0.15) is 25.0 Å². The highest BCUT2D eigenvalue weighted by atomic mass is 15.0. The quantitative estimate of drug-likeness (QED) is 0.163. The van der Waals surface area contributed by atoms with Crippen molar-refractivity contribution < 1.29 is 0 Å². The molecule has 0 radical (unpaired) electrons. The zero-order chi connectivity index (χ0) is 42.5. The van der Waals surface area contributed by atoms with Crippen LogP contribution in [-0.4, -0.2) is 19.5 Å². The molecule has 1 aliphatic carbocycles. The molecule has 12 aromatic rings. The van der Waals surface area contributed by atoms with Crippen LogP contribution in [0.25, 0.3) is 116 Å². The number of hydrogen-bond donors (Lipinski definition) is 0. The van der Waals surface area contributed by atoms with E-state index in [1.165, 1.54) is 65.6 Å². The summed E-state index contributed by atoms with van der Waals surface area (Å²) >= 11 is 0. The van der Waals surface area contributed by atoms with E-state index < -0.39 is 0 Å². The van der Waals surface area contributed by atoms with E-state index in [9.17, 15) is 0 Å². The lowest BCUT2D eigenvalue weighted by Crippen LogP contribution is -2.15. The summed E-state index contributed by atoms with van der Waals surface area (Å²) in [5, 5.41) is 9.93. The van der Waals surface area contributed by atoms with Crippen LogP contribution < -0.4 is 0 Å². The molecule has 0 saturated carbocycles. The Morgan fingerprint density at radius 3 is 1.64 bits per heavy atom. The number of hydrogen-bond acceptors (Lipinski definition) is 3. The van der Waals surface area contributed by atoms with Crippen molar-refractivity contribution in [3.63, 3.8) is 0 Å². The van der Waals surface area contributed by atoms with Gasteiger partial charge in [-0.05, 0) is 96.7 Å². The van der Waals surface area contributed by atoms with Gasteiger partial charge < -0.3 is 4.57 Å². The van der Waals surface area contributed by atoms with Gasteiger partial charge in [-0.1, -0.05) is 184 Å². The predicted molar refractivity (Wildman–Crippen MR) is 266 cm³/mol. The van der Waals surface area contributed by atoms with Crippen LogP contribution in [-0.2, 0) is 5.41 Å². The molecule has 2 heterocycles. The van der Waals surface area contributed by atoms with Crippen molar-refractivity contribution in [1.29, 1.82) is 0 Å². The Balaban J connectivity index is 1.03. The first-order chi connectivity index (χ1) is 31.5. The third kappa shape index (κ3) is 5.39. The van der Waals surface area contributed by atoms with Crippen molar-refractivity contribution in [2.24, 2.45) is 0 Å². The minimum atomic E-state index is -0.233. The van der Waals surface area contributed by atoms with Gasteiger partial charge in [0.2, 0.25) is 0 Å². The maximum atomic E-state index is 5.27. The zero-order valence-corrected chi connectivity index (χ0v) is 35.4. The average molecular weight is 817 g/mol. The van der Waals surface area contributed by atoms with Gasteiger partial charge in [-0.2, -0.15) is 0 Å². The minimum Gasteiger partial charge on any atom is -0.309 e. The predicted octanol–water partition coefficient (Wildman–Crippen LogP) is 15.4. The van der Waals surface area contributed by atoms with Gasteiger partial charge in [-0.3, -0.25) is 0 Å². The topological polar surface area (TPSA) is 43.6 Å². The zero-order valence-electron chi connectivity index (χ0n) is 35.4. The second-order valence-corrected chi connectivity index (χ2v) is 17.5. The first-order valence-electron chi connectivity index (χ1n) is 22.0. The largest absolute Gasteiger partial charge is 0.309 e. The molecule has 64 heavy (non-hydrogen) atoms. The average Bonchev–Trinajstić information content (AvgIpc) is 3.80. The van der Waals surface area contributed by atoms with Gasteiger partial charge in [0.15, 0.2) is 17.5 Å². The van der Waals surface area contributed by atoms with E-state index in [0.717, 1.165) is 44.3 Å². The van der Waals surface area contributed by atoms with Crippen LogP contribution in [0.4, 0.5) is 0 Å². The third-order valence-electron chi connectivity index (χ3n) is 13.6. The molecule has 13 rings (SSSR count). The minimum absolute atomic E-state index is 0.233. The van der Waals surface area contributed by atoms with Crippen molar-refractivity contribution in [1.82, 2.24) is 19.5 Å². The Kier molecular flexibility index (Phi) is 7.92. The molecule has 0 spiro atoms. The van der Waals surface area contributed by atoms with Crippen molar-refractivity contribution in [3.8, 4) is 62.1 Å². The molecule has 1 aliphatic rings. The fourth-order valence-corrected chi connectivity index (χ4v) is 10.7. The van der Waals surface area contributed by atoms with Gasteiger partial charge in [-0.25, -0.2) is 15.0 Å². The van der Waals surface area contributed by atoms with Crippen molar-refractivity contribution in [2.45, 2.75) is 19.3 Å². The van der Waals surface area contributed by atoms with Gasteiger partial charge in [0.25, 0.3) is 0 Å². The summed E-state index contributed by atoms with van der Waals surface area (Å²) in [4.78, 5) is 15.6. The molecule has 0 fully saturated rings. The Morgan fingerprint density at radius 1 is 0.344 bits per heavy atom. The van der Waals surface area contributed by atoms with Crippen LogP contribution in [0.2, 0.25) is 0 Å². The molecule has 4 nitrogen and oxygen atoms in total. The number of fused-ring (bicyclic) bond motifs is 12. The van der Waals surface area contributed by atoms with Crippen LogP contribution in [0.15, 0.2) is 206 Å². The number of benzene rings is 10. The van der Waals surface area contributed by atoms with E-state index in [-0.39, 0.29) is 5.41 Å². The molecular formula is C60H40N4. The standard InChI is InChI=1S/C60H40N4/c1-60(2)51-36-54-49(35-50(51)55-46-29-13-10-24-41(46)42-25-11-14-30-47(42)56(55)60)45-28-15-16-31-52(45)64(54)53-33-32-48(43-26-9-12-27-44(43)53)59-62-57(38-20-7-4-8-21-38)61-58(63-59)40-23-17-22-39(34-40)37-18-5-3-6-19-37/h3-36H,1-2H3. The third-order valence-corrected chi connectivity index (χ3v) is 13.6. The highest BCUT2D eigenvalue weighted by Crippen LogP contribution is 2.56. The second kappa shape index (κ2) is 13.9. The number of aromatic nitrogens is 4. The number of para-hydroxylation sites is 1. The maximum absolute atomic E-state index is 5.27. The second-order valence-electron chi connectivity index (χ2n) is 17.5. The fourth-order valence-electron chi connectivity index (χ4n) is 10.7. The van der Waals surface area contributed by atoms with Gasteiger partial charge in [0.05, 0.1) is 16.7 Å². The highest BCUT2D eigenvalue weighted by molar-refractivity contribution is 6.20. The Labute approximate surface area is 370 Å². The summed E-state index contributed by atoms with van der Waals surface area (Å²) in [6, 6.07) is 74.1. The normalized spacial score (nSPS) is 13.0. The summed E-state index contributed by atoms with van der Waals surface area (Å²) in [5.74, 6) is 1.91. The summed E-state index contributed by atoms with van der Waals surface area (Å²) in [6.45, 7) is 4.82. The van der Waals surface area contributed by atoms with Crippen molar-refractivity contribution in [3.05, 3.63) is 217 Å². The van der Waals surface area contributed by atoms with Gasteiger partial charge in [0, 0.05) is 38.3 Å². The van der Waals surface area contributed by atoms with Gasteiger partial charge in [-0.15, -0.1) is 0 Å². The Bertz CT molecular complexity index is 3860. The summed E-state index contributed by atoms with van der Waals surface area (Å²) < 4.78 is 2.48. The lowest BCUT2D eigenvalue weighted by atomic mass is 9.79. The van der Waals surface area contributed by atoms with Crippen molar-refractivity contribution in [2.75, 3.05) is 0 Å². The molecule has 0 atom stereocenters. The van der Waals surface area contributed by atoms with Crippen molar-refractivity contribution >= 4 is 54.1 Å². The lowest BCUT2D eigenvalue weighted by Gasteiger charge is -2.24.